The zero-order chi connectivity index (χ0) is 22.8. The maximum atomic E-state index is 12.7. The Morgan fingerprint density at radius 1 is 1.22 bits per heavy atom. The first kappa shape index (κ1) is 21.4. The van der Waals surface area contributed by atoms with Gasteiger partial charge in [0.25, 0.3) is 5.88 Å². The summed E-state index contributed by atoms with van der Waals surface area (Å²) in [4.78, 5) is 46.2. The highest BCUT2D eigenvalue weighted by molar-refractivity contribution is 5.73. The molecule has 0 saturated carbocycles. The Kier molecular flexibility index (Phi) is 5.86. The Morgan fingerprint density at radius 3 is 2.75 bits per heavy atom. The van der Waals surface area contributed by atoms with E-state index in [1.54, 1.807) is 19.1 Å². The molecule has 12 heteroatoms. The second kappa shape index (κ2) is 8.75. The standard InChI is InChI=1S/C20H21N5O7/c1-11-9-24(18-8-16(30-13(3)27)17(31-18)10-29-12(2)26)20(28)21-19(11)32-25-15-7-5-4-6-14(15)22-23-25/h4-7,9,16-18H,8,10H2,1-3H3. The summed E-state index contributed by atoms with van der Waals surface area (Å²) >= 11 is 0. The topological polar surface area (TPSA) is 137 Å². The number of hydrogen-bond acceptors (Lipinski definition) is 10. The zero-order valence-corrected chi connectivity index (χ0v) is 17.6. The minimum atomic E-state index is -0.764. The summed E-state index contributed by atoms with van der Waals surface area (Å²) in [5.41, 5.74) is 1.16. The highest BCUT2D eigenvalue weighted by Gasteiger charge is 2.39. The summed E-state index contributed by atoms with van der Waals surface area (Å²) in [6.45, 7) is 4.15. The van der Waals surface area contributed by atoms with Crippen LogP contribution in [0.3, 0.4) is 0 Å². The van der Waals surface area contributed by atoms with E-state index in [4.69, 9.17) is 19.0 Å². The summed E-state index contributed by atoms with van der Waals surface area (Å²) in [6.07, 6.45) is -0.424. The van der Waals surface area contributed by atoms with Gasteiger partial charge in [0.15, 0.2) is 0 Å². The Hall–Kier alpha value is -3.80. The number of para-hydroxylation sites is 1. The van der Waals surface area contributed by atoms with Gasteiger partial charge in [-0.3, -0.25) is 14.2 Å². The van der Waals surface area contributed by atoms with Crippen LogP contribution in [0.15, 0.2) is 35.3 Å². The van der Waals surface area contributed by atoms with Gasteiger partial charge in [-0.05, 0) is 24.3 Å². The number of aromatic nitrogens is 5. The van der Waals surface area contributed by atoms with E-state index in [9.17, 15) is 14.4 Å². The van der Waals surface area contributed by atoms with E-state index < -0.39 is 36.1 Å². The van der Waals surface area contributed by atoms with Gasteiger partial charge < -0.3 is 19.0 Å². The highest BCUT2D eigenvalue weighted by Crippen LogP contribution is 2.31. The monoisotopic (exact) mass is 443 g/mol. The van der Waals surface area contributed by atoms with Crippen LogP contribution in [-0.2, 0) is 23.8 Å². The number of esters is 2. The van der Waals surface area contributed by atoms with Gasteiger partial charge in [0.2, 0.25) is 0 Å². The van der Waals surface area contributed by atoms with Crippen LogP contribution in [0.25, 0.3) is 11.0 Å². The Bertz CT molecular complexity index is 1220. The third-order valence-corrected chi connectivity index (χ3v) is 4.84. The molecular weight excluding hydrogens is 422 g/mol. The van der Waals surface area contributed by atoms with Crippen LogP contribution >= 0.6 is 0 Å². The number of carbonyl (C=O) groups excluding carboxylic acids is 2. The van der Waals surface area contributed by atoms with Crippen LogP contribution in [0.5, 0.6) is 5.88 Å². The highest BCUT2D eigenvalue weighted by atomic mass is 16.7. The normalized spacial score (nSPS) is 20.3. The van der Waals surface area contributed by atoms with Crippen LogP contribution in [0, 0.1) is 6.92 Å². The molecule has 1 aliphatic rings. The molecular formula is C20H21N5O7. The number of carbonyl (C=O) groups is 2. The van der Waals surface area contributed by atoms with E-state index in [0.29, 0.717) is 16.6 Å². The van der Waals surface area contributed by atoms with Gasteiger partial charge in [0.1, 0.15) is 36.1 Å². The van der Waals surface area contributed by atoms with Gasteiger partial charge in [-0.1, -0.05) is 17.0 Å². The minimum absolute atomic E-state index is 0.0629. The van der Waals surface area contributed by atoms with E-state index in [2.05, 4.69) is 15.3 Å². The van der Waals surface area contributed by atoms with Crippen molar-refractivity contribution >= 4 is 23.0 Å². The van der Waals surface area contributed by atoms with Crippen molar-refractivity contribution in [3.05, 3.63) is 46.5 Å². The van der Waals surface area contributed by atoms with Gasteiger partial charge in [-0.25, -0.2) is 4.79 Å². The largest absolute Gasteiger partial charge is 0.463 e. The first-order valence-corrected chi connectivity index (χ1v) is 9.86. The van der Waals surface area contributed by atoms with Gasteiger partial charge >= 0.3 is 17.6 Å². The molecule has 4 rings (SSSR count). The lowest BCUT2D eigenvalue weighted by Crippen LogP contribution is -2.31. The minimum Gasteiger partial charge on any atom is -0.463 e. The predicted molar refractivity (Wildman–Crippen MR) is 108 cm³/mol. The van der Waals surface area contributed by atoms with Gasteiger partial charge in [0.05, 0.1) is 0 Å². The Balaban J connectivity index is 1.56. The molecule has 2 aromatic heterocycles. The number of rotatable bonds is 6. The van der Waals surface area contributed by atoms with Crippen molar-refractivity contribution in [3.8, 4) is 5.88 Å². The molecule has 3 aromatic rings. The number of benzene rings is 1. The average molecular weight is 443 g/mol. The van der Waals surface area contributed by atoms with Gasteiger partial charge in [-0.2, -0.15) is 4.98 Å². The van der Waals surface area contributed by atoms with Gasteiger partial charge in [-0.15, -0.1) is 5.10 Å². The summed E-state index contributed by atoms with van der Waals surface area (Å²) in [5.74, 6) is -0.930. The lowest BCUT2D eigenvalue weighted by atomic mass is 10.2. The van der Waals surface area contributed by atoms with E-state index in [-0.39, 0.29) is 18.9 Å². The fourth-order valence-electron chi connectivity index (χ4n) is 3.41. The molecule has 3 unspecified atom stereocenters. The lowest BCUT2D eigenvalue weighted by Gasteiger charge is -2.18. The number of hydrogen-bond donors (Lipinski definition) is 0. The van der Waals surface area contributed by atoms with E-state index in [1.807, 2.05) is 12.1 Å². The molecule has 1 aliphatic heterocycles. The predicted octanol–water partition coefficient (Wildman–Crippen LogP) is 0.921. The maximum absolute atomic E-state index is 12.7. The first-order chi connectivity index (χ1) is 15.3. The van der Waals surface area contributed by atoms with Crippen LogP contribution < -0.4 is 10.5 Å². The molecule has 0 N–H and O–H groups in total. The second-order valence-corrected chi connectivity index (χ2v) is 7.28. The molecule has 0 radical (unpaired) electrons. The molecule has 0 aliphatic carbocycles. The molecule has 0 bridgehead atoms. The van der Waals surface area contributed by atoms with Crippen molar-refractivity contribution in [3.63, 3.8) is 0 Å². The maximum Gasteiger partial charge on any atom is 0.353 e. The fourth-order valence-corrected chi connectivity index (χ4v) is 3.41. The van der Waals surface area contributed by atoms with E-state index in [1.165, 1.54) is 29.5 Å². The van der Waals surface area contributed by atoms with Crippen molar-refractivity contribution in [2.24, 2.45) is 0 Å². The van der Waals surface area contributed by atoms with Crippen molar-refractivity contribution in [2.75, 3.05) is 6.61 Å². The summed E-state index contributed by atoms with van der Waals surface area (Å²) in [5, 5.41) is 7.92. The molecule has 3 atom stereocenters. The SMILES string of the molecule is CC(=O)OCC1OC(n2cc(C)c(On3nnc4ccccc43)nc2=O)CC1OC(C)=O. The van der Waals surface area contributed by atoms with Crippen LogP contribution in [-0.4, -0.2) is 55.5 Å². The number of nitrogens with zero attached hydrogens (tertiary/aromatic N) is 5. The molecule has 0 amide bonds. The van der Waals surface area contributed by atoms with Crippen molar-refractivity contribution < 1.29 is 28.6 Å². The molecule has 3 heterocycles. The zero-order valence-electron chi connectivity index (χ0n) is 17.6. The van der Waals surface area contributed by atoms with E-state index in [0.717, 1.165) is 0 Å². The van der Waals surface area contributed by atoms with Crippen LogP contribution in [0.1, 0.15) is 32.1 Å². The summed E-state index contributed by atoms with van der Waals surface area (Å²) in [6, 6.07) is 7.19. The lowest BCUT2D eigenvalue weighted by molar-refractivity contribution is -0.155. The molecule has 32 heavy (non-hydrogen) atoms. The fraction of sp³-hybridized carbons (Fsp3) is 0.400. The van der Waals surface area contributed by atoms with Crippen LogP contribution in [0.4, 0.5) is 0 Å². The second-order valence-electron chi connectivity index (χ2n) is 7.28. The van der Waals surface area contributed by atoms with Crippen molar-refractivity contribution in [2.45, 2.75) is 45.6 Å². The quantitative estimate of drug-likeness (QED) is 0.506. The van der Waals surface area contributed by atoms with E-state index >= 15 is 0 Å². The smallest absolute Gasteiger partial charge is 0.353 e. The van der Waals surface area contributed by atoms with Gasteiger partial charge in [0, 0.05) is 32.0 Å². The summed E-state index contributed by atoms with van der Waals surface area (Å²) in [7, 11) is 0. The number of aryl methyl sites for hydroxylation is 1. The molecule has 1 aromatic carbocycles. The Morgan fingerprint density at radius 2 is 2.00 bits per heavy atom. The number of fused-ring (bicyclic) bond motifs is 1. The van der Waals surface area contributed by atoms with Crippen molar-refractivity contribution in [1.82, 2.24) is 24.7 Å². The third kappa shape index (κ3) is 4.44. The van der Waals surface area contributed by atoms with Crippen molar-refractivity contribution in [1.29, 1.82) is 0 Å². The molecule has 168 valence electrons. The molecule has 12 nitrogen and oxygen atoms in total. The molecule has 1 fully saturated rings. The summed E-state index contributed by atoms with van der Waals surface area (Å²) < 4.78 is 17.4. The molecule has 0 spiro atoms. The average Bonchev–Trinajstić information content (AvgIpc) is 3.32. The number of ether oxygens (including phenoxy) is 3. The Labute approximate surface area is 181 Å². The third-order valence-electron chi connectivity index (χ3n) is 4.84. The first-order valence-electron chi connectivity index (χ1n) is 9.86. The van der Waals surface area contributed by atoms with Crippen LogP contribution in [0.2, 0.25) is 0 Å². The molecule has 1 saturated heterocycles.